The van der Waals surface area contributed by atoms with Crippen molar-refractivity contribution in [1.82, 2.24) is 4.90 Å². The van der Waals surface area contributed by atoms with Crippen molar-refractivity contribution in [1.29, 1.82) is 0 Å². The topological polar surface area (TPSA) is 46.3 Å². The summed E-state index contributed by atoms with van der Waals surface area (Å²) >= 11 is 0. The molecule has 0 spiro atoms. The van der Waals surface area contributed by atoms with Crippen LogP contribution in [0.25, 0.3) is 0 Å². The number of amides is 1. The Balaban J connectivity index is 2.57. The van der Waals surface area contributed by atoms with Gasteiger partial charge in [-0.2, -0.15) is 0 Å². The Labute approximate surface area is 86.6 Å². The van der Waals surface area contributed by atoms with E-state index in [1.54, 1.807) is 0 Å². The number of carbonyl (C=O) groups excluding carboxylic acids is 1. The van der Waals surface area contributed by atoms with Crippen LogP contribution in [-0.4, -0.2) is 29.9 Å². The summed E-state index contributed by atoms with van der Waals surface area (Å²) in [6.45, 7) is 10.5. The van der Waals surface area contributed by atoms with E-state index >= 15 is 0 Å². The normalized spacial score (nSPS) is 23.7. The zero-order chi connectivity index (χ0) is 10.9. The summed E-state index contributed by atoms with van der Waals surface area (Å²) < 4.78 is 0. The van der Waals surface area contributed by atoms with Crippen molar-refractivity contribution < 1.29 is 4.79 Å². The lowest BCUT2D eigenvalue weighted by molar-refractivity contribution is -0.130. The fraction of sp³-hybridized carbons (Fsp3) is 0.909. The highest BCUT2D eigenvalue weighted by Gasteiger charge is 2.33. The van der Waals surface area contributed by atoms with Crippen LogP contribution in [0.4, 0.5) is 0 Å². The minimum atomic E-state index is -0.252. The molecule has 1 atom stereocenters. The van der Waals surface area contributed by atoms with Gasteiger partial charge in [-0.1, -0.05) is 27.7 Å². The average Bonchev–Trinajstić information content (AvgIpc) is 2.35. The number of hydrogen-bond acceptors (Lipinski definition) is 2. The summed E-state index contributed by atoms with van der Waals surface area (Å²) in [6, 6.07) is -0.252. The molecule has 1 aliphatic heterocycles. The number of hydrogen-bond donors (Lipinski definition) is 1. The Morgan fingerprint density at radius 3 is 2.50 bits per heavy atom. The summed E-state index contributed by atoms with van der Waals surface area (Å²) in [5, 5.41) is 0. The van der Waals surface area contributed by atoms with Crippen molar-refractivity contribution in [3.8, 4) is 0 Å². The van der Waals surface area contributed by atoms with Crippen LogP contribution < -0.4 is 5.73 Å². The number of rotatable bonds is 3. The van der Waals surface area contributed by atoms with E-state index < -0.39 is 0 Å². The molecule has 3 nitrogen and oxygen atoms in total. The second-order valence-electron chi connectivity index (χ2n) is 5.30. The van der Waals surface area contributed by atoms with E-state index in [1.165, 1.54) is 0 Å². The Bertz CT molecular complexity index is 223. The highest BCUT2D eigenvalue weighted by atomic mass is 16.2. The molecule has 1 unspecified atom stereocenters. The van der Waals surface area contributed by atoms with Gasteiger partial charge in [-0.3, -0.25) is 4.79 Å². The number of nitrogens with zero attached hydrogens (tertiary/aromatic N) is 1. The van der Waals surface area contributed by atoms with Crippen LogP contribution in [0.3, 0.4) is 0 Å². The standard InChI is InChI=1S/C11H22N2O/c1-8(2)11(3,4)7-13-6-5-9(12)10(13)14/h8-9H,5-7,12H2,1-4H3. The molecule has 0 aliphatic carbocycles. The van der Waals surface area contributed by atoms with Crippen molar-refractivity contribution in [2.24, 2.45) is 17.1 Å². The Morgan fingerprint density at radius 2 is 2.14 bits per heavy atom. The summed E-state index contributed by atoms with van der Waals surface area (Å²) in [6.07, 6.45) is 0.813. The number of likely N-dealkylation sites (tertiary alicyclic amines) is 1. The minimum Gasteiger partial charge on any atom is -0.341 e. The van der Waals surface area contributed by atoms with Gasteiger partial charge in [-0.05, 0) is 17.8 Å². The fourth-order valence-electron chi connectivity index (χ4n) is 1.59. The molecule has 1 saturated heterocycles. The third-order valence-electron chi connectivity index (χ3n) is 3.50. The third-order valence-corrected chi connectivity index (χ3v) is 3.50. The van der Waals surface area contributed by atoms with E-state index in [1.807, 2.05) is 4.90 Å². The molecule has 0 radical (unpaired) electrons. The molecule has 0 saturated carbocycles. The van der Waals surface area contributed by atoms with Crippen molar-refractivity contribution in [3.63, 3.8) is 0 Å². The first kappa shape index (κ1) is 11.5. The fourth-order valence-corrected chi connectivity index (χ4v) is 1.59. The van der Waals surface area contributed by atoms with Crippen LogP contribution in [0.15, 0.2) is 0 Å². The van der Waals surface area contributed by atoms with Crippen molar-refractivity contribution in [2.45, 2.75) is 40.2 Å². The Hall–Kier alpha value is -0.570. The lowest BCUT2D eigenvalue weighted by atomic mass is 9.81. The van der Waals surface area contributed by atoms with Gasteiger partial charge in [0.05, 0.1) is 6.04 Å². The minimum absolute atomic E-state index is 0.124. The summed E-state index contributed by atoms with van der Waals surface area (Å²) in [5.74, 6) is 0.700. The zero-order valence-corrected chi connectivity index (χ0v) is 9.71. The third kappa shape index (κ3) is 2.27. The van der Waals surface area contributed by atoms with E-state index in [9.17, 15) is 4.79 Å². The van der Waals surface area contributed by atoms with Crippen LogP contribution in [0, 0.1) is 11.3 Å². The van der Waals surface area contributed by atoms with E-state index in [0.717, 1.165) is 19.5 Å². The zero-order valence-electron chi connectivity index (χ0n) is 9.71. The van der Waals surface area contributed by atoms with Gasteiger partial charge in [-0.25, -0.2) is 0 Å². The second kappa shape index (κ2) is 3.89. The van der Waals surface area contributed by atoms with Crippen LogP contribution in [0.5, 0.6) is 0 Å². The molecule has 0 bridgehead atoms. The van der Waals surface area contributed by atoms with Gasteiger partial charge in [0.25, 0.3) is 0 Å². The predicted octanol–water partition coefficient (Wildman–Crippen LogP) is 1.23. The lowest BCUT2D eigenvalue weighted by Crippen LogP contribution is -2.41. The van der Waals surface area contributed by atoms with E-state index in [0.29, 0.717) is 5.92 Å². The molecule has 0 aromatic carbocycles. The predicted molar refractivity (Wildman–Crippen MR) is 57.8 cm³/mol. The molecule has 14 heavy (non-hydrogen) atoms. The van der Waals surface area contributed by atoms with Crippen molar-refractivity contribution in [3.05, 3.63) is 0 Å². The van der Waals surface area contributed by atoms with Gasteiger partial charge in [-0.15, -0.1) is 0 Å². The largest absolute Gasteiger partial charge is 0.341 e. The number of carbonyl (C=O) groups is 1. The molecule has 0 aromatic heterocycles. The summed E-state index contributed by atoms with van der Waals surface area (Å²) in [5.41, 5.74) is 5.85. The maximum atomic E-state index is 11.6. The van der Waals surface area contributed by atoms with Crippen LogP contribution in [0.1, 0.15) is 34.1 Å². The molecule has 2 N–H and O–H groups in total. The second-order valence-corrected chi connectivity index (χ2v) is 5.30. The van der Waals surface area contributed by atoms with Gasteiger partial charge < -0.3 is 10.6 Å². The van der Waals surface area contributed by atoms with E-state index in [2.05, 4.69) is 27.7 Å². The van der Waals surface area contributed by atoms with Gasteiger partial charge >= 0.3 is 0 Å². The highest BCUT2D eigenvalue weighted by molar-refractivity contribution is 5.83. The summed E-state index contributed by atoms with van der Waals surface area (Å²) in [7, 11) is 0. The molecular weight excluding hydrogens is 176 g/mol. The molecule has 82 valence electrons. The van der Waals surface area contributed by atoms with Crippen LogP contribution >= 0.6 is 0 Å². The van der Waals surface area contributed by atoms with Gasteiger partial charge in [0.15, 0.2) is 0 Å². The smallest absolute Gasteiger partial charge is 0.239 e. The molecule has 1 rings (SSSR count). The first-order valence-corrected chi connectivity index (χ1v) is 5.39. The average molecular weight is 198 g/mol. The van der Waals surface area contributed by atoms with Crippen LogP contribution in [0.2, 0.25) is 0 Å². The molecular formula is C11H22N2O. The van der Waals surface area contributed by atoms with E-state index in [-0.39, 0.29) is 17.4 Å². The molecule has 1 fully saturated rings. The van der Waals surface area contributed by atoms with Crippen LogP contribution in [-0.2, 0) is 4.79 Å². The Kier molecular flexibility index (Phi) is 3.20. The monoisotopic (exact) mass is 198 g/mol. The molecule has 1 heterocycles. The Morgan fingerprint density at radius 1 is 1.57 bits per heavy atom. The SMILES string of the molecule is CC(C)C(C)(C)CN1CCC(N)C1=O. The molecule has 1 amide bonds. The first-order chi connectivity index (χ1) is 6.34. The molecule has 0 aromatic rings. The first-order valence-electron chi connectivity index (χ1n) is 5.39. The maximum absolute atomic E-state index is 11.6. The molecule has 3 heteroatoms. The van der Waals surface area contributed by atoms with Crippen molar-refractivity contribution >= 4 is 5.91 Å². The lowest BCUT2D eigenvalue weighted by Gasteiger charge is -2.33. The summed E-state index contributed by atoms with van der Waals surface area (Å²) in [4.78, 5) is 13.5. The van der Waals surface area contributed by atoms with E-state index in [4.69, 9.17) is 5.73 Å². The quantitative estimate of drug-likeness (QED) is 0.741. The highest BCUT2D eigenvalue weighted by Crippen LogP contribution is 2.28. The van der Waals surface area contributed by atoms with Gasteiger partial charge in [0, 0.05) is 13.1 Å². The maximum Gasteiger partial charge on any atom is 0.239 e. The van der Waals surface area contributed by atoms with Crippen molar-refractivity contribution in [2.75, 3.05) is 13.1 Å². The van der Waals surface area contributed by atoms with Gasteiger partial charge in [0.2, 0.25) is 5.91 Å². The van der Waals surface area contributed by atoms with Gasteiger partial charge in [0.1, 0.15) is 0 Å². The molecule has 1 aliphatic rings. The number of nitrogens with two attached hydrogens (primary N) is 1.